The van der Waals surface area contributed by atoms with E-state index in [1.54, 1.807) is 48.9 Å². The summed E-state index contributed by atoms with van der Waals surface area (Å²) in [5, 5.41) is 4.74. The van der Waals surface area contributed by atoms with Gasteiger partial charge in [-0.05, 0) is 84.3 Å². The van der Waals surface area contributed by atoms with Crippen molar-refractivity contribution in [2.45, 2.75) is 43.9 Å². The van der Waals surface area contributed by atoms with E-state index in [1.807, 2.05) is 19.9 Å². The summed E-state index contributed by atoms with van der Waals surface area (Å²) in [5.74, 6) is 0.907. The topological polar surface area (TPSA) is 84.5 Å². The molecule has 1 heterocycles. The maximum absolute atomic E-state index is 12.8. The number of hydrogen-bond donors (Lipinski definition) is 2. The number of thiophene rings is 1. The van der Waals surface area contributed by atoms with Crippen LogP contribution in [-0.2, 0) is 10.0 Å². The van der Waals surface area contributed by atoms with Crippen LogP contribution in [0.4, 0.5) is 5.69 Å². The van der Waals surface area contributed by atoms with E-state index in [0.717, 1.165) is 33.8 Å². The van der Waals surface area contributed by atoms with E-state index >= 15 is 0 Å². The zero-order chi connectivity index (χ0) is 23.5. The summed E-state index contributed by atoms with van der Waals surface area (Å²) in [6, 6.07) is 13.5. The van der Waals surface area contributed by atoms with Gasteiger partial charge in [0.15, 0.2) is 0 Å². The van der Waals surface area contributed by atoms with Crippen LogP contribution in [0.25, 0.3) is 0 Å². The van der Waals surface area contributed by atoms with Gasteiger partial charge < -0.3 is 10.1 Å². The monoisotopic (exact) mass is 472 g/mol. The van der Waals surface area contributed by atoms with Gasteiger partial charge in [0, 0.05) is 11.3 Å². The normalized spacial score (nSPS) is 12.4. The Hall–Kier alpha value is -2.84. The molecule has 1 atom stereocenters. The van der Waals surface area contributed by atoms with Gasteiger partial charge in [-0.2, -0.15) is 0 Å². The Morgan fingerprint density at radius 2 is 1.72 bits per heavy atom. The molecule has 6 nitrogen and oxygen atoms in total. The predicted molar refractivity (Wildman–Crippen MR) is 129 cm³/mol. The molecule has 8 heteroatoms. The highest BCUT2D eigenvalue weighted by Crippen LogP contribution is 2.32. The van der Waals surface area contributed by atoms with Gasteiger partial charge in [0.2, 0.25) is 0 Å². The van der Waals surface area contributed by atoms with Crippen molar-refractivity contribution in [1.29, 1.82) is 0 Å². The summed E-state index contributed by atoms with van der Waals surface area (Å²) in [6.07, 6.45) is 0. The third-order valence-corrected chi connectivity index (χ3v) is 7.99. The van der Waals surface area contributed by atoms with E-state index in [0.29, 0.717) is 11.3 Å². The number of sulfonamides is 1. The van der Waals surface area contributed by atoms with E-state index in [2.05, 4.69) is 30.0 Å². The molecule has 0 bridgehead atoms. The predicted octanol–water partition coefficient (Wildman–Crippen LogP) is 5.48. The molecule has 0 saturated carbocycles. The largest absolute Gasteiger partial charge is 0.496 e. The lowest BCUT2D eigenvalue weighted by Gasteiger charge is -2.21. The molecular formula is C24H28N2O4S2. The first-order valence-corrected chi connectivity index (χ1v) is 12.6. The number of methoxy groups -OCH3 is 1. The highest BCUT2D eigenvalue weighted by atomic mass is 32.2. The third kappa shape index (κ3) is 5.31. The van der Waals surface area contributed by atoms with Crippen LogP contribution in [0.2, 0.25) is 0 Å². The van der Waals surface area contributed by atoms with Crippen molar-refractivity contribution < 1.29 is 17.9 Å². The van der Waals surface area contributed by atoms with E-state index in [4.69, 9.17) is 4.74 Å². The first-order chi connectivity index (χ1) is 15.1. The van der Waals surface area contributed by atoms with Crippen LogP contribution in [0.5, 0.6) is 5.75 Å². The van der Waals surface area contributed by atoms with Gasteiger partial charge in [0.05, 0.1) is 13.2 Å². The Bertz CT molecular complexity index is 1190. The van der Waals surface area contributed by atoms with Crippen LogP contribution in [0.3, 0.4) is 0 Å². The molecule has 170 valence electrons. The summed E-state index contributed by atoms with van der Waals surface area (Å²) < 4.78 is 33.0. The fourth-order valence-electron chi connectivity index (χ4n) is 3.48. The first-order valence-electron chi connectivity index (χ1n) is 10.3. The number of aryl methyl sites for hydroxylation is 1. The molecule has 2 N–H and O–H groups in total. The number of benzene rings is 2. The van der Waals surface area contributed by atoms with Gasteiger partial charge in [-0.1, -0.05) is 19.9 Å². The van der Waals surface area contributed by atoms with Crippen molar-refractivity contribution in [2.75, 3.05) is 11.8 Å². The van der Waals surface area contributed by atoms with Gasteiger partial charge >= 0.3 is 0 Å². The van der Waals surface area contributed by atoms with Gasteiger partial charge in [-0.3, -0.25) is 9.52 Å². The first kappa shape index (κ1) is 23.8. The molecule has 0 radical (unpaired) electrons. The van der Waals surface area contributed by atoms with Gasteiger partial charge in [0.25, 0.3) is 15.9 Å². The second-order valence-electron chi connectivity index (χ2n) is 7.92. The molecule has 0 aliphatic rings. The second-order valence-corrected chi connectivity index (χ2v) is 10.8. The van der Waals surface area contributed by atoms with E-state index in [1.165, 1.54) is 0 Å². The molecule has 2 aromatic carbocycles. The number of nitrogens with one attached hydrogen (secondary N) is 2. The Labute approximate surface area is 193 Å². The fraction of sp³-hybridized carbons (Fsp3) is 0.292. The minimum absolute atomic E-state index is 0.206. The van der Waals surface area contributed by atoms with Gasteiger partial charge in [0.1, 0.15) is 9.96 Å². The van der Waals surface area contributed by atoms with Crippen molar-refractivity contribution in [3.63, 3.8) is 0 Å². The summed E-state index contributed by atoms with van der Waals surface area (Å²) in [5.41, 5.74) is 4.01. The van der Waals surface area contributed by atoms with Crippen LogP contribution >= 0.6 is 11.3 Å². The second kappa shape index (κ2) is 9.75. The Morgan fingerprint density at radius 3 is 2.28 bits per heavy atom. The minimum Gasteiger partial charge on any atom is -0.496 e. The standard InChI is InChI=1S/C24H28N2O4S2/c1-15(2)20-14-21(16(3)13-22(20)30-5)17(4)25-24(27)18-8-10-19(11-9-18)26-32(28,29)23-7-6-12-31-23/h6-15,17,26H,1-5H3,(H,25,27). The summed E-state index contributed by atoms with van der Waals surface area (Å²) >= 11 is 1.15. The highest BCUT2D eigenvalue weighted by Gasteiger charge is 2.18. The zero-order valence-corrected chi connectivity index (χ0v) is 20.4. The summed E-state index contributed by atoms with van der Waals surface area (Å²) in [6.45, 7) is 8.16. The Kier molecular flexibility index (Phi) is 7.26. The van der Waals surface area contributed by atoms with E-state index in [9.17, 15) is 13.2 Å². The van der Waals surface area contributed by atoms with Crippen molar-refractivity contribution in [1.82, 2.24) is 5.32 Å². The average Bonchev–Trinajstić information content (AvgIpc) is 3.29. The number of carbonyl (C=O) groups excluding carboxylic acids is 1. The van der Waals surface area contributed by atoms with E-state index in [-0.39, 0.29) is 22.1 Å². The quantitative estimate of drug-likeness (QED) is 0.455. The number of rotatable bonds is 8. The summed E-state index contributed by atoms with van der Waals surface area (Å²) in [7, 11) is -1.96. The summed E-state index contributed by atoms with van der Waals surface area (Å²) in [4.78, 5) is 12.8. The fourth-order valence-corrected chi connectivity index (χ4v) is 5.53. The van der Waals surface area contributed by atoms with Crippen LogP contribution < -0.4 is 14.8 Å². The smallest absolute Gasteiger partial charge is 0.271 e. The molecule has 0 aliphatic carbocycles. The van der Waals surface area contributed by atoms with Crippen LogP contribution in [0.15, 0.2) is 58.1 Å². The van der Waals surface area contributed by atoms with Crippen LogP contribution in [-0.4, -0.2) is 21.4 Å². The molecule has 1 amide bonds. The minimum atomic E-state index is -3.62. The number of carbonyl (C=O) groups is 1. The molecule has 1 aromatic heterocycles. The van der Waals surface area contributed by atoms with Crippen LogP contribution in [0.1, 0.15) is 59.8 Å². The molecule has 0 aliphatic heterocycles. The average molecular weight is 473 g/mol. The van der Waals surface area contributed by atoms with E-state index < -0.39 is 10.0 Å². The van der Waals surface area contributed by atoms with Crippen molar-refractivity contribution in [3.05, 3.63) is 76.2 Å². The molecule has 1 unspecified atom stereocenters. The molecule has 0 fully saturated rings. The molecule has 3 rings (SSSR count). The number of ether oxygens (including phenoxy) is 1. The molecule has 32 heavy (non-hydrogen) atoms. The highest BCUT2D eigenvalue weighted by molar-refractivity contribution is 7.94. The lowest BCUT2D eigenvalue weighted by Crippen LogP contribution is -2.27. The third-order valence-electron chi connectivity index (χ3n) is 5.21. The van der Waals surface area contributed by atoms with Gasteiger partial charge in [-0.25, -0.2) is 8.42 Å². The molecule has 0 saturated heterocycles. The molecule has 0 spiro atoms. The molecular weight excluding hydrogens is 444 g/mol. The van der Waals surface area contributed by atoms with Crippen molar-refractivity contribution in [2.24, 2.45) is 0 Å². The van der Waals surface area contributed by atoms with Crippen molar-refractivity contribution >= 4 is 33.0 Å². The lowest BCUT2D eigenvalue weighted by atomic mass is 9.93. The van der Waals surface area contributed by atoms with Gasteiger partial charge in [-0.15, -0.1) is 11.3 Å². The lowest BCUT2D eigenvalue weighted by molar-refractivity contribution is 0.0940. The number of hydrogen-bond acceptors (Lipinski definition) is 5. The van der Waals surface area contributed by atoms with Crippen LogP contribution in [0, 0.1) is 6.92 Å². The van der Waals surface area contributed by atoms with Crippen molar-refractivity contribution in [3.8, 4) is 5.75 Å². The molecule has 3 aromatic rings. The SMILES string of the molecule is COc1cc(C)c(C(C)NC(=O)c2ccc(NS(=O)(=O)c3cccs3)cc2)cc1C(C)C. The maximum Gasteiger partial charge on any atom is 0.271 e. The zero-order valence-electron chi connectivity index (χ0n) is 18.8. The maximum atomic E-state index is 12.8. The Balaban J connectivity index is 1.73. The number of amides is 1. The number of anilines is 1. The Morgan fingerprint density at radius 1 is 1.03 bits per heavy atom.